The molecule has 1 aliphatic heterocycles. The zero-order valence-corrected chi connectivity index (χ0v) is 9.77. The SMILES string of the molecule is CC1CC(N)CCN1C(=O)c1ccncc1F. The predicted molar refractivity (Wildman–Crippen MR) is 61.9 cm³/mol. The van der Waals surface area contributed by atoms with Gasteiger partial charge in [0.2, 0.25) is 0 Å². The summed E-state index contributed by atoms with van der Waals surface area (Å²) < 4.78 is 13.5. The van der Waals surface area contributed by atoms with E-state index in [1.165, 1.54) is 12.3 Å². The first-order chi connectivity index (χ1) is 8.09. The number of rotatable bonds is 1. The number of nitrogens with zero attached hydrogens (tertiary/aromatic N) is 2. The van der Waals surface area contributed by atoms with Crippen LogP contribution in [0.2, 0.25) is 0 Å². The van der Waals surface area contributed by atoms with Gasteiger partial charge in [0.15, 0.2) is 5.82 Å². The highest BCUT2D eigenvalue weighted by molar-refractivity contribution is 5.94. The first-order valence-electron chi connectivity index (χ1n) is 5.75. The van der Waals surface area contributed by atoms with Gasteiger partial charge in [-0.1, -0.05) is 0 Å². The maximum atomic E-state index is 13.5. The summed E-state index contributed by atoms with van der Waals surface area (Å²) in [4.78, 5) is 17.5. The lowest BCUT2D eigenvalue weighted by Crippen LogP contribution is -2.48. The molecule has 1 fully saturated rings. The van der Waals surface area contributed by atoms with Gasteiger partial charge in [0.05, 0.1) is 11.8 Å². The number of likely N-dealkylation sites (tertiary alicyclic amines) is 1. The van der Waals surface area contributed by atoms with Crippen LogP contribution in [0.4, 0.5) is 4.39 Å². The van der Waals surface area contributed by atoms with Crippen LogP contribution in [0.25, 0.3) is 0 Å². The molecular formula is C12H16FN3O. The summed E-state index contributed by atoms with van der Waals surface area (Å²) in [6, 6.07) is 1.61. The molecule has 1 aliphatic rings. The maximum Gasteiger partial charge on any atom is 0.257 e. The van der Waals surface area contributed by atoms with Crippen LogP contribution in [0.1, 0.15) is 30.1 Å². The average Bonchev–Trinajstić information content (AvgIpc) is 2.29. The van der Waals surface area contributed by atoms with Gasteiger partial charge in [-0.25, -0.2) is 4.39 Å². The molecule has 5 heteroatoms. The van der Waals surface area contributed by atoms with Gasteiger partial charge in [0, 0.05) is 24.8 Å². The van der Waals surface area contributed by atoms with Crippen molar-refractivity contribution in [3.63, 3.8) is 0 Å². The van der Waals surface area contributed by atoms with Crippen LogP contribution in [0.15, 0.2) is 18.5 Å². The number of nitrogens with two attached hydrogens (primary N) is 1. The molecule has 2 N–H and O–H groups in total. The number of aromatic nitrogens is 1. The summed E-state index contributed by atoms with van der Waals surface area (Å²) in [6.07, 6.45) is 4.02. The van der Waals surface area contributed by atoms with Crippen molar-refractivity contribution in [2.75, 3.05) is 6.54 Å². The van der Waals surface area contributed by atoms with E-state index < -0.39 is 5.82 Å². The number of hydrogen-bond donors (Lipinski definition) is 1. The lowest BCUT2D eigenvalue weighted by Gasteiger charge is -2.36. The minimum absolute atomic E-state index is 0.0545. The van der Waals surface area contributed by atoms with Gasteiger partial charge in [0.25, 0.3) is 5.91 Å². The summed E-state index contributed by atoms with van der Waals surface area (Å²) in [5.74, 6) is -0.844. The summed E-state index contributed by atoms with van der Waals surface area (Å²) in [7, 11) is 0. The predicted octanol–water partition coefficient (Wildman–Crippen LogP) is 1.17. The summed E-state index contributed by atoms with van der Waals surface area (Å²) >= 11 is 0. The van der Waals surface area contributed by atoms with Crippen molar-refractivity contribution in [1.29, 1.82) is 0 Å². The Balaban J connectivity index is 2.18. The number of hydrogen-bond acceptors (Lipinski definition) is 3. The van der Waals surface area contributed by atoms with E-state index in [4.69, 9.17) is 5.73 Å². The third-order valence-corrected chi connectivity index (χ3v) is 3.18. The van der Waals surface area contributed by atoms with Gasteiger partial charge in [-0.2, -0.15) is 0 Å². The van der Waals surface area contributed by atoms with Crippen molar-refractivity contribution in [1.82, 2.24) is 9.88 Å². The molecule has 2 heterocycles. The molecule has 0 aromatic carbocycles. The zero-order chi connectivity index (χ0) is 12.4. The molecule has 2 atom stereocenters. The monoisotopic (exact) mass is 237 g/mol. The van der Waals surface area contributed by atoms with Crippen LogP contribution in [-0.4, -0.2) is 34.4 Å². The summed E-state index contributed by atoms with van der Waals surface area (Å²) in [5, 5.41) is 0. The Hall–Kier alpha value is -1.49. The second kappa shape index (κ2) is 4.79. The number of piperidine rings is 1. The fraction of sp³-hybridized carbons (Fsp3) is 0.500. The molecule has 4 nitrogen and oxygen atoms in total. The van der Waals surface area contributed by atoms with Crippen LogP contribution < -0.4 is 5.73 Å². The van der Waals surface area contributed by atoms with Crippen molar-refractivity contribution in [3.05, 3.63) is 29.8 Å². The lowest BCUT2D eigenvalue weighted by molar-refractivity contribution is 0.0614. The van der Waals surface area contributed by atoms with Gasteiger partial charge in [-0.15, -0.1) is 0 Å². The van der Waals surface area contributed by atoms with E-state index in [1.807, 2.05) is 6.92 Å². The molecule has 0 radical (unpaired) electrons. The Morgan fingerprint density at radius 1 is 1.65 bits per heavy atom. The number of amides is 1. The molecule has 1 amide bonds. The number of halogens is 1. The first-order valence-corrected chi connectivity index (χ1v) is 5.75. The maximum absolute atomic E-state index is 13.5. The molecule has 0 aliphatic carbocycles. The first kappa shape index (κ1) is 12.0. The van der Waals surface area contributed by atoms with Crippen LogP contribution in [0.5, 0.6) is 0 Å². The van der Waals surface area contributed by atoms with E-state index in [-0.39, 0.29) is 23.6 Å². The molecule has 0 bridgehead atoms. The number of carbonyl (C=O) groups is 1. The van der Waals surface area contributed by atoms with Crippen molar-refractivity contribution >= 4 is 5.91 Å². The second-order valence-electron chi connectivity index (χ2n) is 4.49. The van der Waals surface area contributed by atoms with E-state index in [9.17, 15) is 9.18 Å². The van der Waals surface area contributed by atoms with Crippen molar-refractivity contribution in [2.24, 2.45) is 5.73 Å². The van der Waals surface area contributed by atoms with E-state index in [0.717, 1.165) is 19.0 Å². The summed E-state index contributed by atoms with van der Waals surface area (Å²) in [6.45, 7) is 2.53. The van der Waals surface area contributed by atoms with Crippen LogP contribution in [-0.2, 0) is 0 Å². The Bertz CT molecular complexity index is 424. The molecule has 0 saturated carbocycles. The Kier molecular flexibility index (Phi) is 3.38. The average molecular weight is 237 g/mol. The molecule has 1 saturated heterocycles. The molecule has 92 valence electrons. The molecule has 1 aromatic rings. The van der Waals surface area contributed by atoms with Crippen molar-refractivity contribution in [3.8, 4) is 0 Å². The third-order valence-electron chi connectivity index (χ3n) is 3.18. The molecule has 2 unspecified atom stereocenters. The van der Waals surface area contributed by atoms with Gasteiger partial charge in [-0.3, -0.25) is 9.78 Å². The van der Waals surface area contributed by atoms with Gasteiger partial charge >= 0.3 is 0 Å². The van der Waals surface area contributed by atoms with Gasteiger partial charge in [0.1, 0.15) is 0 Å². The largest absolute Gasteiger partial charge is 0.336 e. The van der Waals surface area contributed by atoms with Crippen LogP contribution in [0.3, 0.4) is 0 Å². The van der Waals surface area contributed by atoms with Gasteiger partial charge in [-0.05, 0) is 25.8 Å². The van der Waals surface area contributed by atoms with Crippen LogP contribution >= 0.6 is 0 Å². The standard InChI is InChI=1S/C12H16FN3O/c1-8-6-9(14)3-5-16(8)12(17)10-2-4-15-7-11(10)13/h2,4,7-9H,3,5-6,14H2,1H3. The quantitative estimate of drug-likeness (QED) is 0.797. The fourth-order valence-corrected chi connectivity index (χ4v) is 2.21. The summed E-state index contributed by atoms with van der Waals surface area (Å²) in [5.41, 5.74) is 5.92. The fourth-order valence-electron chi connectivity index (χ4n) is 2.21. The van der Waals surface area contributed by atoms with E-state index >= 15 is 0 Å². The van der Waals surface area contributed by atoms with Crippen LogP contribution in [0, 0.1) is 5.82 Å². The van der Waals surface area contributed by atoms with Gasteiger partial charge < -0.3 is 10.6 Å². The highest BCUT2D eigenvalue weighted by Gasteiger charge is 2.28. The third kappa shape index (κ3) is 2.44. The highest BCUT2D eigenvalue weighted by Crippen LogP contribution is 2.19. The lowest BCUT2D eigenvalue weighted by atomic mass is 9.98. The molecule has 0 spiro atoms. The Morgan fingerprint density at radius 3 is 3.06 bits per heavy atom. The number of carbonyl (C=O) groups excluding carboxylic acids is 1. The highest BCUT2D eigenvalue weighted by atomic mass is 19.1. The smallest absolute Gasteiger partial charge is 0.257 e. The second-order valence-corrected chi connectivity index (χ2v) is 4.49. The minimum atomic E-state index is -0.570. The normalized spacial score (nSPS) is 24.8. The topological polar surface area (TPSA) is 59.2 Å². The minimum Gasteiger partial charge on any atom is -0.336 e. The van der Waals surface area contributed by atoms with Crippen molar-refractivity contribution in [2.45, 2.75) is 31.8 Å². The molecular weight excluding hydrogens is 221 g/mol. The number of pyridine rings is 1. The van der Waals surface area contributed by atoms with Crippen molar-refractivity contribution < 1.29 is 9.18 Å². The van der Waals surface area contributed by atoms with E-state index in [2.05, 4.69) is 4.98 Å². The molecule has 1 aromatic heterocycles. The van der Waals surface area contributed by atoms with E-state index in [1.54, 1.807) is 4.90 Å². The van der Waals surface area contributed by atoms with E-state index in [0.29, 0.717) is 6.54 Å². The zero-order valence-electron chi connectivity index (χ0n) is 9.77. The molecule has 2 rings (SSSR count). The Labute approximate surface area is 99.6 Å². The molecule has 17 heavy (non-hydrogen) atoms. The Morgan fingerprint density at radius 2 is 2.41 bits per heavy atom.